The molecule has 2 aromatic carbocycles. The average Bonchev–Trinajstić information content (AvgIpc) is 2.65. The first-order valence-electron chi connectivity index (χ1n) is 5.67. The van der Waals surface area contributed by atoms with Crippen molar-refractivity contribution in [3.8, 4) is 0 Å². The van der Waals surface area contributed by atoms with Gasteiger partial charge in [0.15, 0.2) is 5.58 Å². The molecular weight excluding hydrogens is 285 g/mol. The van der Waals surface area contributed by atoms with E-state index in [4.69, 9.17) is 27.6 Å². The van der Waals surface area contributed by atoms with Gasteiger partial charge < -0.3 is 4.42 Å². The van der Waals surface area contributed by atoms with E-state index in [1.165, 1.54) is 0 Å². The fourth-order valence-corrected chi connectivity index (χ4v) is 2.38. The second kappa shape index (κ2) is 4.76. The molecule has 0 fully saturated rings. The Morgan fingerprint density at radius 3 is 2.63 bits per heavy atom. The minimum absolute atomic E-state index is 0.405. The van der Waals surface area contributed by atoms with Crippen LogP contribution >= 0.6 is 23.2 Å². The van der Waals surface area contributed by atoms with E-state index in [0.29, 0.717) is 22.2 Å². The van der Waals surface area contributed by atoms with E-state index in [2.05, 4.69) is 0 Å². The largest absolute Gasteiger partial charge is 0.420 e. The molecule has 0 N–H and O–H groups in total. The third-order valence-electron chi connectivity index (χ3n) is 2.86. The summed E-state index contributed by atoms with van der Waals surface area (Å²) in [6.45, 7) is 0.411. The Morgan fingerprint density at radius 1 is 1.05 bits per heavy atom. The number of nitrogens with zero attached hydrogens (tertiary/aromatic N) is 1. The summed E-state index contributed by atoms with van der Waals surface area (Å²) in [5.41, 5.74) is 2.14. The van der Waals surface area contributed by atoms with Crippen LogP contribution in [0.15, 0.2) is 51.7 Å². The Kier molecular flexibility index (Phi) is 3.09. The molecular formula is C14H9Cl2NO2. The van der Waals surface area contributed by atoms with Gasteiger partial charge in [-0.1, -0.05) is 35.3 Å². The third kappa shape index (κ3) is 2.39. The molecule has 0 amide bonds. The van der Waals surface area contributed by atoms with Gasteiger partial charge in [-0.05, 0) is 29.8 Å². The Morgan fingerprint density at radius 2 is 1.84 bits per heavy atom. The fourth-order valence-electron chi connectivity index (χ4n) is 2.01. The van der Waals surface area contributed by atoms with E-state index in [9.17, 15) is 4.79 Å². The third-order valence-corrected chi connectivity index (χ3v) is 3.33. The van der Waals surface area contributed by atoms with Crippen LogP contribution in [-0.2, 0) is 6.54 Å². The second-order valence-corrected chi connectivity index (χ2v) is 5.07. The molecule has 0 spiro atoms. The summed E-state index contributed by atoms with van der Waals surface area (Å²) >= 11 is 11.8. The number of hydrogen-bond acceptors (Lipinski definition) is 2. The maximum atomic E-state index is 11.9. The van der Waals surface area contributed by atoms with Crippen LogP contribution < -0.4 is 5.76 Å². The number of fused-ring (bicyclic) bond motifs is 1. The molecule has 96 valence electrons. The van der Waals surface area contributed by atoms with Gasteiger partial charge in [0.1, 0.15) is 0 Å². The molecule has 5 heteroatoms. The van der Waals surface area contributed by atoms with Gasteiger partial charge in [-0.3, -0.25) is 4.57 Å². The lowest BCUT2D eigenvalue weighted by Crippen LogP contribution is -2.14. The lowest BCUT2D eigenvalue weighted by Gasteiger charge is -2.03. The summed E-state index contributed by atoms with van der Waals surface area (Å²) in [7, 11) is 0. The zero-order valence-corrected chi connectivity index (χ0v) is 11.3. The molecule has 3 nitrogen and oxygen atoms in total. The van der Waals surface area contributed by atoms with Crippen molar-refractivity contribution in [2.45, 2.75) is 6.54 Å². The summed E-state index contributed by atoms with van der Waals surface area (Å²) < 4.78 is 6.73. The van der Waals surface area contributed by atoms with Gasteiger partial charge in [-0.15, -0.1) is 0 Å². The van der Waals surface area contributed by atoms with Crippen molar-refractivity contribution in [1.82, 2.24) is 4.57 Å². The van der Waals surface area contributed by atoms with Gasteiger partial charge in [0.05, 0.1) is 12.1 Å². The lowest BCUT2D eigenvalue weighted by atomic mass is 10.2. The van der Waals surface area contributed by atoms with Crippen LogP contribution in [0.3, 0.4) is 0 Å². The summed E-state index contributed by atoms with van der Waals surface area (Å²) in [4.78, 5) is 11.9. The van der Waals surface area contributed by atoms with Crippen LogP contribution in [0, 0.1) is 0 Å². The molecule has 19 heavy (non-hydrogen) atoms. The van der Waals surface area contributed by atoms with E-state index in [1.807, 2.05) is 18.2 Å². The van der Waals surface area contributed by atoms with Crippen LogP contribution in [0.5, 0.6) is 0 Å². The van der Waals surface area contributed by atoms with Gasteiger partial charge in [-0.2, -0.15) is 0 Å². The maximum absolute atomic E-state index is 11.9. The highest BCUT2D eigenvalue weighted by molar-refractivity contribution is 6.31. The molecule has 0 atom stereocenters. The highest BCUT2D eigenvalue weighted by Gasteiger charge is 2.10. The summed E-state index contributed by atoms with van der Waals surface area (Å²) in [5, 5.41) is 1.18. The highest BCUT2D eigenvalue weighted by Crippen LogP contribution is 2.19. The summed E-state index contributed by atoms with van der Waals surface area (Å²) in [6, 6.07) is 12.5. The van der Waals surface area contributed by atoms with E-state index in [-0.39, 0.29) is 0 Å². The van der Waals surface area contributed by atoms with Gasteiger partial charge in [0, 0.05) is 16.1 Å². The Labute approximate surface area is 119 Å². The fraction of sp³-hybridized carbons (Fsp3) is 0.0714. The van der Waals surface area contributed by atoms with Crippen LogP contribution in [0.1, 0.15) is 5.56 Å². The van der Waals surface area contributed by atoms with Crippen molar-refractivity contribution in [2.75, 3.05) is 0 Å². The molecule has 0 saturated heterocycles. The van der Waals surface area contributed by atoms with Gasteiger partial charge >= 0.3 is 5.76 Å². The molecule has 0 radical (unpaired) electrons. The van der Waals surface area contributed by atoms with Crippen LogP contribution in [0.4, 0.5) is 0 Å². The quantitative estimate of drug-likeness (QED) is 0.717. The monoisotopic (exact) mass is 293 g/mol. The van der Waals surface area contributed by atoms with Gasteiger partial charge in [0.25, 0.3) is 0 Å². The van der Waals surface area contributed by atoms with Crippen molar-refractivity contribution in [3.63, 3.8) is 0 Å². The van der Waals surface area contributed by atoms with Crippen molar-refractivity contribution in [2.24, 2.45) is 0 Å². The Hall–Kier alpha value is -1.71. The molecule has 1 aromatic heterocycles. The molecule has 0 unspecified atom stereocenters. The standard InChI is InChI=1S/C14H9Cl2NO2/c15-10-3-1-2-9(6-10)8-17-12-5-4-11(16)7-13(12)19-14(17)18/h1-7H,8H2. The van der Waals surface area contributed by atoms with E-state index in [1.54, 1.807) is 28.8 Å². The summed E-state index contributed by atoms with van der Waals surface area (Å²) in [5.74, 6) is -0.405. The molecule has 0 aliphatic carbocycles. The van der Waals surface area contributed by atoms with Crippen molar-refractivity contribution in [3.05, 3.63) is 68.6 Å². The summed E-state index contributed by atoms with van der Waals surface area (Å²) in [6.07, 6.45) is 0. The Balaban J connectivity index is 2.10. The maximum Gasteiger partial charge on any atom is 0.420 e. The molecule has 0 aliphatic heterocycles. The molecule has 3 aromatic rings. The predicted molar refractivity (Wildman–Crippen MR) is 76.0 cm³/mol. The second-order valence-electron chi connectivity index (χ2n) is 4.20. The highest BCUT2D eigenvalue weighted by atomic mass is 35.5. The van der Waals surface area contributed by atoms with E-state index >= 15 is 0 Å². The number of benzene rings is 2. The SMILES string of the molecule is O=c1oc2cc(Cl)ccc2n1Cc1cccc(Cl)c1. The first-order valence-corrected chi connectivity index (χ1v) is 6.42. The number of aromatic nitrogens is 1. The van der Waals surface area contributed by atoms with Crippen molar-refractivity contribution >= 4 is 34.3 Å². The van der Waals surface area contributed by atoms with Crippen molar-refractivity contribution < 1.29 is 4.42 Å². The van der Waals surface area contributed by atoms with Crippen LogP contribution in [0.2, 0.25) is 10.0 Å². The van der Waals surface area contributed by atoms with Gasteiger partial charge in [0.2, 0.25) is 0 Å². The van der Waals surface area contributed by atoms with Crippen LogP contribution in [-0.4, -0.2) is 4.57 Å². The minimum atomic E-state index is -0.405. The average molecular weight is 294 g/mol. The molecule has 3 rings (SSSR count). The number of rotatable bonds is 2. The number of oxazole rings is 1. The molecule has 1 heterocycles. The smallest absolute Gasteiger partial charge is 0.408 e. The van der Waals surface area contributed by atoms with Crippen LogP contribution in [0.25, 0.3) is 11.1 Å². The lowest BCUT2D eigenvalue weighted by molar-refractivity contribution is 0.518. The molecule has 0 saturated carbocycles. The van der Waals surface area contributed by atoms with E-state index < -0.39 is 5.76 Å². The topological polar surface area (TPSA) is 35.1 Å². The Bertz CT molecular complexity index is 805. The first-order chi connectivity index (χ1) is 9.13. The number of halogens is 2. The first kappa shape index (κ1) is 12.3. The molecule has 0 bridgehead atoms. The normalized spacial score (nSPS) is 11.1. The minimum Gasteiger partial charge on any atom is -0.408 e. The number of hydrogen-bond donors (Lipinski definition) is 0. The van der Waals surface area contributed by atoms with Crippen molar-refractivity contribution in [1.29, 1.82) is 0 Å². The van der Waals surface area contributed by atoms with Gasteiger partial charge in [-0.25, -0.2) is 4.79 Å². The molecule has 0 aliphatic rings. The van der Waals surface area contributed by atoms with E-state index in [0.717, 1.165) is 11.1 Å². The zero-order valence-electron chi connectivity index (χ0n) is 9.77. The predicted octanol–water partition coefficient (Wildman–Crippen LogP) is 3.95. The zero-order chi connectivity index (χ0) is 13.4.